The number of benzene rings is 3. The Morgan fingerprint density at radius 2 is 1.80 bits per heavy atom. The molecule has 5 heteroatoms. The second kappa shape index (κ2) is 9.18. The first-order chi connectivity index (χ1) is 14.6. The normalized spacial score (nSPS) is 12.9. The van der Waals surface area contributed by atoms with E-state index in [2.05, 4.69) is 11.4 Å². The van der Waals surface area contributed by atoms with Crippen LogP contribution in [0.4, 0.5) is 11.4 Å². The van der Waals surface area contributed by atoms with Gasteiger partial charge in [-0.25, -0.2) is 0 Å². The van der Waals surface area contributed by atoms with E-state index < -0.39 is 0 Å². The van der Waals surface area contributed by atoms with Crippen LogP contribution in [0.3, 0.4) is 0 Å². The van der Waals surface area contributed by atoms with Crippen LogP contribution in [0.25, 0.3) is 0 Å². The summed E-state index contributed by atoms with van der Waals surface area (Å²) < 4.78 is 0. The Bertz CT molecular complexity index is 1080. The van der Waals surface area contributed by atoms with Crippen LogP contribution < -0.4 is 10.2 Å². The van der Waals surface area contributed by atoms with Crippen LogP contribution in [0, 0.1) is 6.92 Å². The summed E-state index contributed by atoms with van der Waals surface area (Å²) in [6.07, 6.45) is 2.02. The van der Waals surface area contributed by atoms with Crippen molar-refractivity contribution in [3.05, 3.63) is 89.5 Å². The number of aryl methyl sites for hydroxylation is 2. The number of hydrogen-bond donors (Lipinski definition) is 1. The summed E-state index contributed by atoms with van der Waals surface area (Å²) in [6.45, 7) is 2.69. The lowest BCUT2D eigenvalue weighted by atomic mass is 10.0. The van der Waals surface area contributed by atoms with Crippen LogP contribution in [0.1, 0.15) is 27.9 Å². The van der Waals surface area contributed by atoms with E-state index >= 15 is 0 Å². The van der Waals surface area contributed by atoms with Gasteiger partial charge in [0.1, 0.15) is 0 Å². The maximum absolute atomic E-state index is 12.9. The highest BCUT2D eigenvalue weighted by molar-refractivity contribution is 8.00. The molecule has 3 aromatic carbocycles. The molecular formula is C25H24N2O2S. The molecule has 0 saturated carbocycles. The fourth-order valence-corrected chi connectivity index (χ4v) is 4.54. The van der Waals surface area contributed by atoms with Gasteiger partial charge in [-0.05, 0) is 61.2 Å². The Hall–Kier alpha value is -3.05. The number of para-hydroxylation sites is 1. The van der Waals surface area contributed by atoms with Crippen molar-refractivity contribution < 1.29 is 9.59 Å². The van der Waals surface area contributed by atoms with Gasteiger partial charge in [-0.1, -0.05) is 42.5 Å². The fraction of sp³-hybridized carbons (Fsp3) is 0.200. The number of nitrogens with one attached hydrogen (secondary N) is 1. The summed E-state index contributed by atoms with van der Waals surface area (Å²) >= 11 is 1.49. The highest BCUT2D eigenvalue weighted by Crippen LogP contribution is 2.29. The average molecular weight is 417 g/mol. The molecule has 30 heavy (non-hydrogen) atoms. The van der Waals surface area contributed by atoms with Crippen LogP contribution in [0.5, 0.6) is 0 Å². The summed E-state index contributed by atoms with van der Waals surface area (Å²) in [6, 6.07) is 23.3. The number of hydrogen-bond acceptors (Lipinski definition) is 3. The van der Waals surface area contributed by atoms with E-state index in [4.69, 9.17) is 0 Å². The van der Waals surface area contributed by atoms with Crippen molar-refractivity contribution in [1.82, 2.24) is 0 Å². The van der Waals surface area contributed by atoms with E-state index in [1.54, 1.807) is 0 Å². The molecule has 0 bridgehead atoms. The van der Waals surface area contributed by atoms with E-state index in [9.17, 15) is 9.59 Å². The smallest absolute Gasteiger partial charge is 0.255 e. The first-order valence-corrected chi connectivity index (χ1v) is 11.1. The number of nitrogens with zero attached hydrogens (tertiary/aromatic N) is 1. The van der Waals surface area contributed by atoms with Gasteiger partial charge in [0.05, 0.1) is 5.75 Å². The van der Waals surface area contributed by atoms with E-state index in [1.165, 1.54) is 17.3 Å². The Morgan fingerprint density at radius 3 is 2.67 bits per heavy atom. The molecule has 1 aliphatic rings. The zero-order chi connectivity index (χ0) is 20.9. The summed E-state index contributed by atoms with van der Waals surface area (Å²) in [5, 5.41) is 2.96. The van der Waals surface area contributed by atoms with Crippen LogP contribution in [-0.4, -0.2) is 24.1 Å². The number of carbonyl (C=O) groups is 2. The molecule has 4 rings (SSSR count). The van der Waals surface area contributed by atoms with Crippen molar-refractivity contribution in [2.75, 3.05) is 22.5 Å². The molecule has 3 aromatic rings. The Balaban J connectivity index is 1.40. The monoisotopic (exact) mass is 416 g/mol. The van der Waals surface area contributed by atoms with Gasteiger partial charge in [0, 0.05) is 28.4 Å². The molecule has 0 atom stereocenters. The van der Waals surface area contributed by atoms with Crippen LogP contribution in [0.2, 0.25) is 0 Å². The molecule has 0 aromatic heterocycles. The Labute approximate surface area is 181 Å². The van der Waals surface area contributed by atoms with Crippen molar-refractivity contribution in [2.24, 2.45) is 0 Å². The standard InChI is InChI=1S/C25H24N2O2S/c1-18-8-2-4-13-22(18)25(29)26-20-11-6-12-21(16-20)30-17-24(28)27-15-7-10-19-9-3-5-14-23(19)27/h2-6,8-9,11-14,16H,7,10,15,17H2,1H3,(H,26,29). The zero-order valence-corrected chi connectivity index (χ0v) is 17.7. The number of fused-ring (bicyclic) bond motifs is 1. The van der Waals surface area contributed by atoms with Crippen molar-refractivity contribution in [3.63, 3.8) is 0 Å². The predicted molar refractivity (Wildman–Crippen MR) is 123 cm³/mol. The van der Waals surface area contributed by atoms with Gasteiger partial charge in [-0.3, -0.25) is 9.59 Å². The summed E-state index contributed by atoms with van der Waals surface area (Å²) in [4.78, 5) is 28.3. The Kier molecular flexibility index (Phi) is 6.19. The SMILES string of the molecule is Cc1ccccc1C(=O)Nc1cccc(SCC(=O)N2CCCc3ccccc32)c1. The molecule has 0 aliphatic carbocycles. The fourth-order valence-electron chi connectivity index (χ4n) is 3.71. The number of anilines is 2. The van der Waals surface area contributed by atoms with E-state index in [0.29, 0.717) is 11.3 Å². The van der Waals surface area contributed by atoms with Gasteiger partial charge in [0.2, 0.25) is 5.91 Å². The topological polar surface area (TPSA) is 49.4 Å². The lowest BCUT2D eigenvalue weighted by Crippen LogP contribution is -2.36. The predicted octanol–water partition coefficient (Wildman–Crippen LogP) is 5.32. The third kappa shape index (κ3) is 4.57. The number of amides is 2. The van der Waals surface area contributed by atoms with Gasteiger partial charge in [0.25, 0.3) is 5.91 Å². The minimum atomic E-state index is -0.128. The van der Waals surface area contributed by atoms with Gasteiger partial charge in [-0.15, -0.1) is 11.8 Å². The summed E-state index contributed by atoms with van der Waals surface area (Å²) in [7, 11) is 0. The lowest BCUT2D eigenvalue weighted by molar-refractivity contribution is -0.116. The minimum absolute atomic E-state index is 0.112. The van der Waals surface area contributed by atoms with Crippen molar-refractivity contribution in [3.8, 4) is 0 Å². The molecule has 4 nitrogen and oxygen atoms in total. The number of carbonyl (C=O) groups excluding carboxylic acids is 2. The molecule has 1 aliphatic heterocycles. The number of thioether (sulfide) groups is 1. The van der Waals surface area contributed by atoms with Gasteiger partial charge in [0.15, 0.2) is 0 Å². The minimum Gasteiger partial charge on any atom is -0.322 e. The van der Waals surface area contributed by atoms with Gasteiger partial charge < -0.3 is 10.2 Å². The largest absolute Gasteiger partial charge is 0.322 e. The molecule has 0 radical (unpaired) electrons. The van der Waals surface area contributed by atoms with Gasteiger partial charge in [-0.2, -0.15) is 0 Å². The zero-order valence-electron chi connectivity index (χ0n) is 16.9. The first kappa shape index (κ1) is 20.2. The third-order valence-corrected chi connectivity index (χ3v) is 6.23. The summed E-state index contributed by atoms with van der Waals surface area (Å²) in [5.41, 5.74) is 4.60. The third-order valence-electron chi connectivity index (χ3n) is 5.26. The second-order valence-electron chi connectivity index (χ2n) is 7.36. The second-order valence-corrected chi connectivity index (χ2v) is 8.41. The Morgan fingerprint density at radius 1 is 1.00 bits per heavy atom. The molecule has 0 fully saturated rings. The first-order valence-electron chi connectivity index (χ1n) is 10.1. The highest BCUT2D eigenvalue weighted by atomic mass is 32.2. The maximum atomic E-state index is 12.9. The van der Waals surface area contributed by atoms with E-state index in [0.717, 1.165) is 41.2 Å². The molecule has 2 amide bonds. The summed E-state index contributed by atoms with van der Waals surface area (Å²) in [5.74, 6) is 0.349. The van der Waals surface area contributed by atoms with Gasteiger partial charge >= 0.3 is 0 Å². The molecule has 1 heterocycles. The highest BCUT2D eigenvalue weighted by Gasteiger charge is 2.22. The molecule has 0 saturated heterocycles. The average Bonchev–Trinajstić information content (AvgIpc) is 2.77. The molecule has 152 valence electrons. The van der Waals surface area contributed by atoms with Crippen molar-refractivity contribution >= 4 is 35.0 Å². The molecule has 0 unspecified atom stereocenters. The lowest BCUT2D eigenvalue weighted by Gasteiger charge is -2.29. The number of rotatable bonds is 5. The molecule has 1 N–H and O–H groups in total. The van der Waals surface area contributed by atoms with E-state index in [-0.39, 0.29) is 11.8 Å². The quantitative estimate of drug-likeness (QED) is 0.573. The van der Waals surface area contributed by atoms with Crippen LogP contribution >= 0.6 is 11.8 Å². The maximum Gasteiger partial charge on any atom is 0.255 e. The van der Waals surface area contributed by atoms with Crippen molar-refractivity contribution in [2.45, 2.75) is 24.7 Å². The molecule has 0 spiro atoms. The van der Waals surface area contributed by atoms with E-state index in [1.807, 2.05) is 78.6 Å². The van der Waals surface area contributed by atoms with Crippen molar-refractivity contribution in [1.29, 1.82) is 0 Å². The van der Waals surface area contributed by atoms with Crippen LogP contribution in [-0.2, 0) is 11.2 Å². The molecular weight excluding hydrogens is 392 g/mol. The van der Waals surface area contributed by atoms with Crippen LogP contribution in [0.15, 0.2) is 77.7 Å².